The molecule has 6 nitrogen and oxygen atoms in total. The molecule has 0 aliphatic carbocycles. The van der Waals surface area contributed by atoms with E-state index in [-0.39, 0.29) is 0 Å². The molecule has 2 heterocycles. The highest BCUT2D eigenvalue weighted by atomic mass is 32.2. The molecule has 154 valence electrons. The average Bonchev–Trinajstić information content (AvgIpc) is 3.44. The van der Waals surface area contributed by atoms with Gasteiger partial charge in [-0.05, 0) is 19.1 Å². The van der Waals surface area contributed by atoms with Crippen LogP contribution in [0.1, 0.15) is 12.6 Å². The third-order valence-corrected chi connectivity index (χ3v) is 6.53. The van der Waals surface area contributed by atoms with Crippen molar-refractivity contribution in [2.24, 2.45) is 0 Å². The molecule has 2 aromatic carbocycles. The lowest BCUT2D eigenvalue weighted by atomic mass is 10.2. The largest absolute Gasteiger partial charge is 0.497 e. The number of rotatable bonds is 8. The van der Waals surface area contributed by atoms with E-state index in [1.165, 1.54) is 0 Å². The summed E-state index contributed by atoms with van der Waals surface area (Å²) in [4.78, 5) is 4.80. The van der Waals surface area contributed by atoms with E-state index in [0.717, 1.165) is 56.6 Å². The molecule has 0 saturated carbocycles. The Balaban J connectivity index is 1.51. The Kier molecular flexibility index (Phi) is 6.35. The summed E-state index contributed by atoms with van der Waals surface area (Å²) < 4.78 is 12.9. The van der Waals surface area contributed by atoms with Crippen LogP contribution in [-0.2, 0) is 12.3 Å². The van der Waals surface area contributed by atoms with E-state index < -0.39 is 0 Å². The smallest absolute Gasteiger partial charge is 0.191 e. The molecule has 4 aromatic rings. The lowest BCUT2D eigenvalue weighted by molar-refractivity contribution is 0.395. The molecular formula is C22H22N4O2S2. The van der Waals surface area contributed by atoms with Crippen LogP contribution in [0.2, 0.25) is 0 Å². The fourth-order valence-corrected chi connectivity index (χ4v) is 4.94. The average molecular weight is 439 g/mol. The molecule has 0 amide bonds. The van der Waals surface area contributed by atoms with E-state index in [1.54, 1.807) is 37.3 Å². The number of hydrogen-bond acceptors (Lipinski definition) is 7. The van der Waals surface area contributed by atoms with Crippen LogP contribution in [0.15, 0.2) is 59.1 Å². The van der Waals surface area contributed by atoms with Crippen molar-refractivity contribution in [3.8, 4) is 33.5 Å². The highest BCUT2D eigenvalue weighted by Crippen LogP contribution is 2.36. The van der Waals surface area contributed by atoms with Crippen LogP contribution >= 0.6 is 23.1 Å². The first-order valence-electron chi connectivity index (χ1n) is 9.51. The molecule has 0 saturated heterocycles. The summed E-state index contributed by atoms with van der Waals surface area (Å²) in [5, 5.41) is 12.7. The second-order valence-corrected chi connectivity index (χ2v) is 8.22. The van der Waals surface area contributed by atoms with Gasteiger partial charge in [-0.3, -0.25) is 0 Å². The molecule has 8 heteroatoms. The normalized spacial score (nSPS) is 10.9. The molecule has 4 rings (SSSR count). The summed E-state index contributed by atoms with van der Waals surface area (Å²) in [6.07, 6.45) is 0. The van der Waals surface area contributed by atoms with Gasteiger partial charge in [-0.25, -0.2) is 4.98 Å². The van der Waals surface area contributed by atoms with Gasteiger partial charge in [-0.2, -0.15) is 0 Å². The van der Waals surface area contributed by atoms with Crippen molar-refractivity contribution in [1.82, 2.24) is 19.7 Å². The van der Waals surface area contributed by atoms with Gasteiger partial charge in [0.1, 0.15) is 16.5 Å². The zero-order valence-electron chi connectivity index (χ0n) is 17.0. The van der Waals surface area contributed by atoms with Crippen molar-refractivity contribution in [3.63, 3.8) is 0 Å². The zero-order chi connectivity index (χ0) is 20.9. The predicted octanol–water partition coefficient (Wildman–Crippen LogP) is 5.40. The van der Waals surface area contributed by atoms with Gasteiger partial charge in [0, 0.05) is 29.3 Å². The molecule has 0 atom stereocenters. The minimum absolute atomic E-state index is 0.724. The van der Waals surface area contributed by atoms with Gasteiger partial charge < -0.3 is 14.0 Å². The summed E-state index contributed by atoms with van der Waals surface area (Å²) in [5.74, 6) is 3.13. The standard InChI is InChI=1S/C22H22N4O2S2/c1-4-26-20(15-8-6-5-7-9-15)24-25-22(26)30-14-16-13-29-21(23-16)18-11-10-17(27-2)12-19(18)28-3/h5-13H,4,14H2,1-3H3. The first kappa shape index (κ1) is 20.4. The summed E-state index contributed by atoms with van der Waals surface area (Å²) in [5.41, 5.74) is 3.04. The van der Waals surface area contributed by atoms with E-state index in [4.69, 9.17) is 14.5 Å². The Hall–Kier alpha value is -2.84. The van der Waals surface area contributed by atoms with Crippen LogP contribution in [-0.4, -0.2) is 34.0 Å². The Morgan fingerprint density at radius 2 is 1.87 bits per heavy atom. The van der Waals surface area contributed by atoms with Crippen molar-refractivity contribution >= 4 is 23.1 Å². The highest BCUT2D eigenvalue weighted by molar-refractivity contribution is 7.98. The summed E-state index contributed by atoms with van der Waals surface area (Å²) in [6, 6.07) is 15.9. The fourth-order valence-electron chi connectivity index (χ4n) is 3.09. The quantitative estimate of drug-likeness (QED) is 0.343. The second-order valence-electron chi connectivity index (χ2n) is 6.42. The molecule has 0 bridgehead atoms. The lowest BCUT2D eigenvalue weighted by Crippen LogP contribution is -1.99. The van der Waals surface area contributed by atoms with Gasteiger partial charge in [-0.15, -0.1) is 21.5 Å². The van der Waals surface area contributed by atoms with E-state index in [0.29, 0.717) is 0 Å². The number of thiazole rings is 1. The predicted molar refractivity (Wildman–Crippen MR) is 121 cm³/mol. The Morgan fingerprint density at radius 3 is 2.60 bits per heavy atom. The molecule has 0 fully saturated rings. The number of methoxy groups -OCH3 is 2. The molecule has 0 radical (unpaired) electrons. The van der Waals surface area contributed by atoms with Crippen LogP contribution in [0.4, 0.5) is 0 Å². The molecule has 0 N–H and O–H groups in total. The summed E-state index contributed by atoms with van der Waals surface area (Å²) in [7, 11) is 3.30. The minimum atomic E-state index is 0.724. The van der Waals surface area contributed by atoms with E-state index >= 15 is 0 Å². The van der Waals surface area contributed by atoms with Crippen molar-refractivity contribution in [1.29, 1.82) is 0 Å². The molecule has 0 aliphatic rings. The maximum absolute atomic E-state index is 5.52. The number of hydrogen-bond donors (Lipinski definition) is 0. The van der Waals surface area contributed by atoms with Gasteiger partial charge in [0.15, 0.2) is 11.0 Å². The van der Waals surface area contributed by atoms with E-state index in [1.807, 2.05) is 36.4 Å². The lowest BCUT2D eigenvalue weighted by Gasteiger charge is -2.08. The molecular weight excluding hydrogens is 416 g/mol. The maximum atomic E-state index is 5.52. The SMILES string of the molecule is CCn1c(SCc2csc(-c3ccc(OC)cc3OC)n2)nnc1-c1ccccc1. The summed E-state index contributed by atoms with van der Waals surface area (Å²) in [6.45, 7) is 2.92. The molecule has 30 heavy (non-hydrogen) atoms. The first-order chi connectivity index (χ1) is 14.7. The third-order valence-electron chi connectivity index (χ3n) is 4.61. The van der Waals surface area contributed by atoms with Crippen molar-refractivity contribution < 1.29 is 9.47 Å². The highest BCUT2D eigenvalue weighted by Gasteiger charge is 2.15. The van der Waals surface area contributed by atoms with Crippen LogP contribution < -0.4 is 9.47 Å². The topological polar surface area (TPSA) is 62.1 Å². The van der Waals surface area contributed by atoms with E-state index in [2.05, 4.69) is 39.2 Å². The van der Waals surface area contributed by atoms with Gasteiger partial charge in [-0.1, -0.05) is 42.1 Å². The Bertz CT molecular complexity index is 1130. The molecule has 0 spiro atoms. The second kappa shape index (κ2) is 9.32. The van der Waals surface area contributed by atoms with E-state index in [9.17, 15) is 0 Å². The van der Waals surface area contributed by atoms with Gasteiger partial charge >= 0.3 is 0 Å². The fraction of sp³-hybridized carbons (Fsp3) is 0.227. The Morgan fingerprint density at radius 1 is 1.03 bits per heavy atom. The molecule has 2 aromatic heterocycles. The van der Waals surface area contributed by atoms with Crippen LogP contribution in [0.3, 0.4) is 0 Å². The molecule has 0 unspecified atom stereocenters. The van der Waals surface area contributed by atoms with Gasteiger partial charge in [0.05, 0.1) is 25.5 Å². The van der Waals surface area contributed by atoms with Crippen LogP contribution in [0.25, 0.3) is 22.0 Å². The maximum Gasteiger partial charge on any atom is 0.191 e. The number of thioether (sulfide) groups is 1. The van der Waals surface area contributed by atoms with Crippen LogP contribution in [0.5, 0.6) is 11.5 Å². The zero-order valence-corrected chi connectivity index (χ0v) is 18.7. The van der Waals surface area contributed by atoms with Crippen molar-refractivity contribution in [2.75, 3.05) is 14.2 Å². The monoisotopic (exact) mass is 438 g/mol. The number of benzene rings is 2. The number of aromatic nitrogens is 4. The summed E-state index contributed by atoms with van der Waals surface area (Å²) >= 11 is 3.25. The molecule has 0 aliphatic heterocycles. The minimum Gasteiger partial charge on any atom is -0.497 e. The third kappa shape index (κ3) is 4.20. The Labute approximate surface area is 183 Å². The van der Waals surface area contributed by atoms with Crippen molar-refractivity contribution in [3.05, 3.63) is 59.6 Å². The first-order valence-corrected chi connectivity index (χ1v) is 11.4. The number of nitrogens with zero attached hydrogens (tertiary/aromatic N) is 4. The van der Waals surface area contributed by atoms with Gasteiger partial charge in [0.2, 0.25) is 0 Å². The van der Waals surface area contributed by atoms with Gasteiger partial charge in [0.25, 0.3) is 0 Å². The van der Waals surface area contributed by atoms with Crippen molar-refractivity contribution in [2.45, 2.75) is 24.4 Å². The number of ether oxygens (including phenoxy) is 2. The van der Waals surface area contributed by atoms with Crippen LogP contribution in [0, 0.1) is 0 Å².